The number of hydrogen-bond donors (Lipinski definition) is 0. The van der Waals surface area contributed by atoms with Crippen LogP contribution in [0.25, 0.3) is 43.8 Å². The molecule has 5 rings (SSSR count). The highest BCUT2D eigenvalue weighted by Crippen LogP contribution is 2.49. The zero-order valence-electron chi connectivity index (χ0n) is 11.9. The fraction of sp³-hybridized carbons (Fsp3) is 0.0476. The lowest BCUT2D eigenvalue weighted by atomic mass is 9.96. The first kappa shape index (κ1) is 11.1. The molecule has 1 aliphatic rings. The molecule has 0 N–H and O–H groups in total. The van der Waals surface area contributed by atoms with E-state index in [9.17, 15) is 0 Å². The van der Waals surface area contributed by atoms with Crippen molar-refractivity contribution in [2.45, 2.75) is 6.92 Å². The van der Waals surface area contributed by atoms with Crippen molar-refractivity contribution < 1.29 is 0 Å². The highest BCUT2D eigenvalue weighted by atomic mass is 14.2. The second kappa shape index (κ2) is 3.73. The van der Waals surface area contributed by atoms with Crippen molar-refractivity contribution in [1.82, 2.24) is 0 Å². The third kappa shape index (κ3) is 1.34. The Kier molecular flexibility index (Phi) is 1.97. The van der Waals surface area contributed by atoms with Gasteiger partial charge in [0.05, 0.1) is 0 Å². The average molecular weight is 266 g/mol. The van der Waals surface area contributed by atoms with Gasteiger partial charge in [-0.3, -0.25) is 0 Å². The Balaban J connectivity index is 2.08. The van der Waals surface area contributed by atoms with Crippen LogP contribution >= 0.6 is 0 Å². The van der Waals surface area contributed by atoms with Gasteiger partial charge in [-0.2, -0.15) is 0 Å². The zero-order chi connectivity index (χ0) is 14.0. The van der Waals surface area contributed by atoms with Crippen molar-refractivity contribution in [1.29, 1.82) is 0 Å². The second-order valence-electron chi connectivity index (χ2n) is 5.92. The summed E-state index contributed by atoms with van der Waals surface area (Å²) in [7, 11) is 0. The monoisotopic (exact) mass is 266 g/mol. The molecule has 0 unspecified atom stereocenters. The minimum absolute atomic E-state index is 1.32. The third-order valence-electron chi connectivity index (χ3n) is 4.64. The summed E-state index contributed by atoms with van der Waals surface area (Å²) in [6.07, 6.45) is 0. The summed E-state index contributed by atoms with van der Waals surface area (Å²) in [5.74, 6) is 0. The predicted octanol–water partition coefficient (Wildman–Crippen LogP) is 5.95. The molecule has 0 nitrogen and oxygen atoms in total. The fourth-order valence-corrected chi connectivity index (χ4v) is 3.72. The van der Waals surface area contributed by atoms with Gasteiger partial charge in [-0.1, -0.05) is 66.2 Å². The van der Waals surface area contributed by atoms with Gasteiger partial charge in [0, 0.05) is 0 Å². The summed E-state index contributed by atoms with van der Waals surface area (Å²) in [5, 5.41) is 5.46. The Labute approximate surface area is 123 Å². The highest BCUT2D eigenvalue weighted by Gasteiger charge is 2.22. The van der Waals surface area contributed by atoms with Crippen LogP contribution in [0.3, 0.4) is 0 Å². The van der Waals surface area contributed by atoms with E-state index in [1.54, 1.807) is 0 Å². The van der Waals surface area contributed by atoms with Gasteiger partial charge in [-0.05, 0) is 56.8 Å². The Morgan fingerprint density at radius 3 is 2.38 bits per heavy atom. The molecule has 0 spiro atoms. The lowest BCUT2D eigenvalue weighted by Crippen LogP contribution is -1.80. The molecule has 1 aliphatic carbocycles. The Hall–Kier alpha value is -2.60. The normalized spacial score (nSPS) is 12.0. The Morgan fingerprint density at radius 2 is 1.43 bits per heavy atom. The molecule has 0 heteroatoms. The molecule has 21 heavy (non-hydrogen) atoms. The van der Waals surface area contributed by atoms with Crippen LogP contribution in [0.5, 0.6) is 0 Å². The van der Waals surface area contributed by atoms with Crippen LogP contribution in [-0.2, 0) is 0 Å². The molecule has 4 aromatic rings. The maximum Gasteiger partial charge on any atom is -0.00199 e. The average Bonchev–Trinajstić information content (AvgIpc) is 2.83. The van der Waals surface area contributed by atoms with Crippen LogP contribution in [0.1, 0.15) is 5.56 Å². The van der Waals surface area contributed by atoms with E-state index in [0.29, 0.717) is 0 Å². The zero-order valence-corrected chi connectivity index (χ0v) is 11.9. The largest absolute Gasteiger partial charge is 0.0616 e. The summed E-state index contributed by atoms with van der Waals surface area (Å²) >= 11 is 0. The van der Waals surface area contributed by atoms with Crippen LogP contribution in [-0.4, -0.2) is 0 Å². The predicted molar refractivity (Wildman–Crippen MR) is 90.6 cm³/mol. The van der Waals surface area contributed by atoms with Crippen LogP contribution in [0.4, 0.5) is 0 Å². The van der Waals surface area contributed by atoms with E-state index >= 15 is 0 Å². The van der Waals surface area contributed by atoms with Crippen molar-refractivity contribution in [3.05, 3.63) is 72.3 Å². The summed E-state index contributed by atoms with van der Waals surface area (Å²) in [6, 6.07) is 24.5. The molecule has 0 atom stereocenters. The maximum absolute atomic E-state index is 2.35. The van der Waals surface area contributed by atoms with Crippen molar-refractivity contribution in [3.8, 4) is 22.3 Å². The summed E-state index contributed by atoms with van der Waals surface area (Å²) in [4.78, 5) is 0. The van der Waals surface area contributed by atoms with E-state index in [1.807, 2.05) is 0 Å². The summed E-state index contributed by atoms with van der Waals surface area (Å²) in [6.45, 7) is 2.17. The van der Waals surface area contributed by atoms with Crippen LogP contribution in [0.15, 0.2) is 66.7 Å². The molecule has 0 saturated heterocycles. The van der Waals surface area contributed by atoms with Crippen LogP contribution < -0.4 is 0 Å². The molecule has 0 aliphatic heterocycles. The SMILES string of the molecule is Cc1ccc2c(c1)-c1cc3ccccc3c3cccc-2c13. The first-order valence-corrected chi connectivity index (χ1v) is 7.39. The van der Waals surface area contributed by atoms with E-state index in [4.69, 9.17) is 0 Å². The summed E-state index contributed by atoms with van der Waals surface area (Å²) in [5.41, 5.74) is 6.84. The summed E-state index contributed by atoms with van der Waals surface area (Å²) < 4.78 is 0. The van der Waals surface area contributed by atoms with Crippen molar-refractivity contribution in [2.75, 3.05) is 0 Å². The minimum Gasteiger partial charge on any atom is -0.0616 e. The number of fused-ring (bicyclic) bond motifs is 5. The molecule has 0 radical (unpaired) electrons. The van der Waals surface area contributed by atoms with E-state index in [1.165, 1.54) is 49.4 Å². The molecular formula is C21H14. The van der Waals surface area contributed by atoms with Gasteiger partial charge in [0.2, 0.25) is 0 Å². The van der Waals surface area contributed by atoms with E-state index in [0.717, 1.165) is 0 Å². The molecule has 0 saturated carbocycles. The van der Waals surface area contributed by atoms with E-state index < -0.39 is 0 Å². The minimum atomic E-state index is 1.32. The van der Waals surface area contributed by atoms with Gasteiger partial charge in [0.1, 0.15) is 0 Å². The molecule has 98 valence electrons. The second-order valence-corrected chi connectivity index (χ2v) is 5.92. The van der Waals surface area contributed by atoms with Gasteiger partial charge in [-0.15, -0.1) is 0 Å². The fourth-order valence-electron chi connectivity index (χ4n) is 3.72. The highest BCUT2D eigenvalue weighted by molar-refractivity contribution is 6.23. The Bertz CT molecular complexity index is 1040. The van der Waals surface area contributed by atoms with Gasteiger partial charge in [0.25, 0.3) is 0 Å². The van der Waals surface area contributed by atoms with E-state index in [-0.39, 0.29) is 0 Å². The van der Waals surface area contributed by atoms with Crippen LogP contribution in [0, 0.1) is 6.92 Å². The lowest BCUT2D eigenvalue weighted by Gasteiger charge is -2.07. The topological polar surface area (TPSA) is 0 Å². The van der Waals surface area contributed by atoms with Gasteiger partial charge < -0.3 is 0 Å². The molecule has 0 amide bonds. The van der Waals surface area contributed by atoms with Gasteiger partial charge in [0.15, 0.2) is 0 Å². The molecule has 0 heterocycles. The van der Waals surface area contributed by atoms with Gasteiger partial charge >= 0.3 is 0 Å². The molecule has 0 aromatic heterocycles. The third-order valence-corrected chi connectivity index (χ3v) is 4.64. The molecule has 0 fully saturated rings. The molecule has 4 aromatic carbocycles. The first-order valence-electron chi connectivity index (χ1n) is 7.39. The first-order chi connectivity index (χ1) is 10.3. The lowest BCUT2D eigenvalue weighted by molar-refractivity contribution is 1.48. The Morgan fingerprint density at radius 1 is 0.571 bits per heavy atom. The molecular weight excluding hydrogens is 252 g/mol. The smallest absolute Gasteiger partial charge is 0.00199 e. The van der Waals surface area contributed by atoms with Gasteiger partial charge in [-0.25, -0.2) is 0 Å². The number of benzene rings is 4. The standard InChI is InChI=1S/C21H14/c1-13-9-10-16-18-8-4-7-17-15-6-3-2-5-14(15)12-20(21(17)18)19(16)11-13/h2-12H,1H3. The number of aryl methyl sites for hydroxylation is 1. The van der Waals surface area contributed by atoms with Crippen molar-refractivity contribution >= 4 is 21.5 Å². The quantitative estimate of drug-likeness (QED) is 0.304. The molecule has 0 bridgehead atoms. The van der Waals surface area contributed by atoms with Crippen molar-refractivity contribution in [2.24, 2.45) is 0 Å². The van der Waals surface area contributed by atoms with Crippen molar-refractivity contribution in [3.63, 3.8) is 0 Å². The maximum atomic E-state index is 2.35. The number of hydrogen-bond acceptors (Lipinski definition) is 0. The number of rotatable bonds is 0. The van der Waals surface area contributed by atoms with E-state index in [2.05, 4.69) is 73.7 Å². The van der Waals surface area contributed by atoms with Crippen LogP contribution in [0.2, 0.25) is 0 Å².